The molecule has 1 amide bonds. The predicted molar refractivity (Wildman–Crippen MR) is 119 cm³/mol. The van der Waals surface area contributed by atoms with E-state index in [1.54, 1.807) is 40.6 Å². The van der Waals surface area contributed by atoms with E-state index in [4.69, 9.17) is 4.98 Å². The molecule has 1 N–H and O–H groups in total. The van der Waals surface area contributed by atoms with Gasteiger partial charge in [-0.3, -0.25) is 9.48 Å². The summed E-state index contributed by atoms with van der Waals surface area (Å²) in [5.41, 5.74) is 4.87. The highest BCUT2D eigenvalue weighted by atomic mass is 32.1. The van der Waals surface area contributed by atoms with Gasteiger partial charge in [0.1, 0.15) is 15.7 Å². The van der Waals surface area contributed by atoms with Crippen LogP contribution in [0, 0.1) is 6.92 Å². The number of fused-ring (bicyclic) bond motifs is 2. The summed E-state index contributed by atoms with van der Waals surface area (Å²) in [5, 5.41) is 9.24. The van der Waals surface area contributed by atoms with Crippen molar-refractivity contribution in [3.63, 3.8) is 0 Å². The summed E-state index contributed by atoms with van der Waals surface area (Å²) >= 11 is 3.36. The topological polar surface area (TPSA) is 63.1 Å². The number of hydrogen-bond donors (Lipinski definition) is 1. The number of nitrogens with one attached hydrogen (secondary N) is 1. The van der Waals surface area contributed by atoms with Crippen molar-refractivity contribution in [3.8, 4) is 10.6 Å². The van der Waals surface area contributed by atoms with Crippen LogP contribution in [0.4, 0.5) is 5.00 Å². The fourth-order valence-electron chi connectivity index (χ4n) is 3.86. The van der Waals surface area contributed by atoms with Crippen molar-refractivity contribution in [3.05, 3.63) is 52.2 Å². The molecule has 4 heterocycles. The Morgan fingerprint density at radius 3 is 2.79 bits per heavy atom. The van der Waals surface area contributed by atoms with E-state index in [0.29, 0.717) is 5.69 Å². The van der Waals surface area contributed by atoms with Gasteiger partial charge in [-0.25, -0.2) is 4.98 Å². The second-order valence-electron chi connectivity index (χ2n) is 7.44. The van der Waals surface area contributed by atoms with Crippen molar-refractivity contribution < 1.29 is 4.79 Å². The highest BCUT2D eigenvalue weighted by Crippen LogP contribution is 2.45. The van der Waals surface area contributed by atoms with Crippen LogP contribution >= 0.6 is 22.7 Å². The Hall–Kier alpha value is -2.55. The van der Waals surface area contributed by atoms with Crippen molar-refractivity contribution in [2.45, 2.75) is 19.9 Å². The van der Waals surface area contributed by atoms with Crippen molar-refractivity contribution in [2.24, 2.45) is 7.05 Å². The van der Waals surface area contributed by atoms with Crippen LogP contribution in [0.5, 0.6) is 0 Å². The van der Waals surface area contributed by atoms with Gasteiger partial charge < -0.3 is 10.2 Å². The zero-order valence-corrected chi connectivity index (χ0v) is 18.2. The average molecular weight is 424 g/mol. The first-order valence-electron chi connectivity index (χ1n) is 9.50. The predicted octanol–water partition coefficient (Wildman–Crippen LogP) is 4.31. The number of likely N-dealkylation sites (N-methyl/N-ethyl adjacent to an activating group) is 1. The van der Waals surface area contributed by atoms with Crippen LogP contribution in [0.3, 0.4) is 0 Å². The van der Waals surface area contributed by atoms with Crippen LogP contribution in [0.1, 0.15) is 26.5 Å². The fourth-order valence-corrected chi connectivity index (χ4v) is 6.29. The molecular formula is C21H21N5OS2. The molecule has 6 nitrogen and oxygen atoms in total. The standard InChI is InChI=1S/C21H21N5OS2/c1-12-10-22-26(3)18(12)19(27)24-21-17(13-8-9-25(2)11-16(13)29-21)20-23-14-6-4-5-7-15(14)28-20/h4-7,10H,8-9,11H2,1-3H3,(H,24,27). The third kappa shape index (κ3) is 3.17. The number of carbonyl (C=O) groups excluding carboxylic acids is 1. The molecule has 0 aliphatic carbocycles. The highest BCUT2D eigenvalue weighted by Gasteiger charge is 2.27. The van der Waals surface area contributed by atoms with Gasteiger partial charge in [-0.2, -0.15) is 5.10 Å². The zero-order chi connectivity index (χ0) is 20.1. The minimum Gasteiger partial charge on any atom is -0.312 e. The molecule has 0 radical (unpaired) electrons. The number of aryl methyl sites for hydroxylation is 2. The molecular weight excluding hydrogens is 402 g/mol. The fraction of sp³-hybridized carbons (Fsp3) is 0.286. The summed E-state index contributed by atoms with van der Waals surface area (Å²) in [5.74, 6) is -0.128. The number of hydrogen-bond acceptors (Lipinski definition) is 6. The van der Waals surface area contributed by atoms with Crippen molar-refractivity contribution in [1.82, 2.24) is 19.7 Å². The number of aromatic nitrogens is 3. The van der Waals surface area contributed by atoms with Gasteiger partial charge in [0.15, 0.2) is 0 Å². The molecule has 1 aliphatic rings. The molecule has 5 rings (SSSR count). The lowest BCUT2D eigenvalue weighted by Gasteiger charge is -2.22. The molecule has 0 saturated heterocycles. The number of anilines is 1. The zero-order valence-electron chi connectivity index (χ0n) is 16.5. The molecule has 0 spiro atoms. The Labute approximate surface area is 176 Å². The van der Waals surface area contributed by atoms with Crippen LogP contribution in [0.25, 0.3) is 20.8 Å². The lowest BCUT2D eigenvalue weighted by molar-refractivity contribution is 0.101. The Kier molecular flexibility index (Phi) is 4.49. The molecule has 1 aliphatic heterocycles. The van der Waals surface area contributed by atoms with Crippen molar-refractivity contribution >= 4 is 43.8 Å². The average Bonchev–Trinajstić information content (AvgIpc) is 3.35. The first-order chi connectivity index (χ1) is 14.0. The minimum atomic E-state index is -0.128. The van der Waals surface area contributed by atoms with Gasteiger partial charge in [-0.1, -0.05) is 12.1 Å². The summed E-state index contributed by atoms with van der Waals surface area (Å²) in [6.45, 7) is 3.82. The number of thiophene rings is 1. The summed E-state index contributed by atoms with van der Waals surface area (Å²) in [7, 11) is 3.93. The van der Waals surface area contributed by atoms with Crippen LogP contribution in [0.2, 0.25) is 0 Å². The van der Waals surface area contributed by atoms with E-state index in [-0.39, 0.29) is 5.91 Å². The van der Waals surface area contributed by atoms with Gasteiger partial charge in [0.05, 0.1) is 16.4 Å². The summed E-state index contributed by atoms with van der Waals surface area (Å²) in [6, 6.07) is 8.19. The maximum absolute atomic E-state index is 13.1. The molecule has 3 aromatic heterocycles. The van der Waals surface area contributed by atoms with Gasteiger partial charge in [0.25, 0.3) is 5.91 Å². The van der Waals surface area contributed by atoms with Gasteiger partial charge in [0.2, 0.25) is 0 Å². The maximum Gasteiger partial charge on any atom is 0.274 e. The maximum atomic E-state index is 13.1. The van der Waals surface area contributed by atoms with E-state index in [9.17, 15) is 4.79 Å². The minimum absolute atomic E-state index is 0.128. The molecule has 0 bridgehead atoms. The second-order valence-corrected chi connectivity index (χ2v) is 9.57. The van der Waals surface area contributed by atoms with E-state index in [1.807, 2.05) is 25.1 Å². The van der Waals surface area contributed by atoms with Crippen LogP contribution in [0.15, 0.2) is 30.5 Å². The molecule has 0 saturated carbocycles. The van der Waals surface area contributed by atoms with Gasteiger partial charge >= 0.3 is 0 Å². The van der Waals surface area contributed by atoms with Crippen LogP contribution in [-0.2, 0) is 20.0 Å². The molecule has 0 atom stereocenters. The molecule has 0 unspecified atom stereocenters. The third-order valence-corrected chi connectivity index (χ3v) is 7.51. The smallest absolute Gasteiger partial charge is 0.274 e. The van der Waals surface area contributed by atoms with Crippen LogP contribution < -0.4 is 5.32 Å². The number of amides is 1. The van der Waals surface area contributed by atoms with Crippen molar-refractivity contribution in [2.75, 3.05) is 18.9 Å². The van der Waals surface area contributed by atoms with E-state index < -0.39 is 0 Å². The van der Waals surface area contributed by atoms with Crippen molar-refractivity contribution in [1.29, 1.82) is 0 Å². The van der Waals surface area contributed by atoms with E-state index in [1.165, 1.54) is 10.4 Å². The second kappa shape index (κ2) is 7.05. The normalized spacial score (nSPS) is 14.3. The molecule has 1 aromatic carbocycles. The number of para-hydroxylation sites is 1. The largest absolute Gasteiger partial charge is 0.312 e. The molecule has 8 heteroatoms. The van der Waals surface area contributed by atoms with Gasteiger partial charge in [-0.15, -0.1) is 22.7 Å². The van der Waals surface area contributed by atoms with Gasteiger partial charge in [-0.05, 0) is 43.7 Å². The number of carbonyl (C=O) groups is 1. The first kappa shape index (κ1) is 18.5. The summed E-state index contributed by atoms with van der Waals surface area (Å²) < 4.78 is 2.79. The Bertz CT molecular complexity index is 1180. The lowest BCUT2D eigenvalue weighted by atomic mass is 10.0. The van der Waals surface area contributed by atoms with Crippen LogP contribution in [-0.4, -0.2) is 39.2 Å². The monoisotopic (exact) mass is 423 g/mol. The molecule has 0 fully saturated rings. The Morgan fingerprint density at radius 1 is 1.21 bits per heavy atom. The lowest BCUT2D eigenvalue weighted by Crippen LogP contribution is -2.25. The molecule has 148 valence electrons. The molecule has 4 aromatic rings. The Morgan fingerprint density at radius 2 is 2.03 bits per heavy atom. The van der Waals surface area contributed by atoms with E-state index in [2.05, 4.69) is 28.4 Å². The molecule has 29 heavy (non-hydrogen) atoms. The number of benzene rings is 1. The summed E-state index contributed by atoms with van der Waals surface area (Å²) in [4.78, 5) is 21.6. The quantitative estimate of drug-likeness (QED) is 0.533. The van der Waals surface area contributed by atoms with Gasteiger partial charge in [0, 0.05) is 30.6 Å². The van der Waals surface area contributed by atoms with E-state index in [0.717, 1.165) is 50.9 Å². The third-order valence-electron chi connectivity index (χ3n) is 5.32. The highest BCUT2D eigenvalue weighted by molar-refractivity contribution is 7.22. The number of thiazole rings is 1. The Balaban J connectivity index is 1.62. The number of nitrogens with zero attached hydrogens (tertiary/aromatic N) is 4. The SMILES string of the molecule is Cc1cnn(C)c1C(=O)Nc1sc2c(c1-c1nc3ccccc3s1)CCN(C)C2. The first-order valence-corrected chi connectivity index (χ1v) is 11.1. The summed E-state index contributed by atoms with van der Waals surface area (Å²) in [6.07, 6.45) is 2.69. The van der Waals surface area contributed by atoms with E-state index >= 15 is 0 Å². The number of rotatable bonds is 3.